The van der Waals surface area contributed by atoms with Gasteiger partial charge in [-0.1, -0.05) is 0 Å². The zero-order chi connectivity index (χ0) is 9.23. The second kappa shape index (κ2) is 8.79. The molecule has 1 N–H and O–H groups in total. The Balaban J connectivity index is 2.86. The molecular weight excluding hydrogens is 184 g/mol. The van der Waals surface area contributed by atoms with E-state index in [0.29, 0.717) is 19.8 Å². The first-order chi connectivity index (χ1) is 5.77. The van der Waals surface area contributed by atoms with E-state index in [1.165, 1.54) is 0 Å². The Bertz CT molecular complexity index is 119. The molecule has 0 bridgehead atoms. The van der Waals surface area contributed by atoms with Gasteiger partial charge in [-0.3, -0.25) is 0 Å². The minimum atomic E-state index is -0.978. The SMILES string of the molecule is O=C(O)COCCOCCOS. The summed E-state index contributed by atoms with van der Waals surface area (Å²) in [5, 5.41) is 8.16. The monoisotopic (exact) mass is 196 g/mol. The van der Waals surface area contributed by atoms with E-state index in [2.05, 4.69) is 17.1 Å². The van der Waals surface area contributed by atoms with E-state index in [0.717, 1.165) is 0 Å². The topological polar surface area (TPSA) is 65.0 Å². The summed E-state index contributed by atoms with van der Waals surface area (Å²) in [5.74, 6) is -0.978. The van der Waals surface area contributed by atoms with E-state index in [9.17, 15) is 4.79 Å². The average molecular weight is 196 g/mol. The van der Waals surface area contributed by atoms with Crippen LogP contribution in [0.3, 0.4) is 0 Å². The Morgan fingerprint density at radius 2 is 1.75 bits per heavy atom. The summed E-state index contributed by atoms with van der Waals surface area (Å²) in [6, 6.07) is 0. The molecule has 72 valence electrons. The molecule has 0 heterocycles. The van der Waals surface area contributed by atoms with Gasteiger partial charge in [0.2, 0.25) is 0 Å². The molecule has 6 heteroatoms. The van der Waals surface area contributed by atoms with Crippen LogP contribution in [0.5, 0.6) is 0 Å². The van der Waals surface area contributed by atoms with E-state index in [-0.39, 0.29) is 13.2 Å². The lowest BCUT2D eigenvalue weighted by Gasteiger charge is -2.02. The van der Waals surface area contributed by atoms with Gasteiger partial charge in [-0.15, -0.1) is 0 Å². The van der Waals surface area contributed by atoms with Crippen LogP contribution < -0.4 is 0 Å². The van der Waals surface area contributed by atoms with Crippen LogP contribution in [0.15, 0.2) is 0 Å². The zero-order valence-corrected chi connectivity index (χ0v) is 7.46. The summed E-state index contributed by atoms with van der Waals surface area (Å²) in [6.07, 6.45) is 0. The van der Waals surface area contributed by atoms with Gasteiger partial charge in [0, 0.05) is 0 Å². The molecule has 0 rings (SSSR count). The summed E-state index contributed by atoms with van der Waals surface area (Å²) in [5.41, 5.74) is 0. The van der Waals surface area contributed by atoms with Gasteiger partial charge in [-0.25, -0.2) is 4.79 Å². The standard InChI is InChI=1S/C6H12O5S/c7-6(8)5-10-2-1-9-3-4-11-12/h12H,1-5H2,(H,7,8). The van der Waals surface area contributed by atoms with Crippen LogP contribution in [-0.2, 0) is 18.5 Å². The van der Waals surface area contributed by atoms with Crippen LogP contribution in [-0.4, -0.2) is 44.1 Å². The molecule has 0 aromatic rings. The molecule has 0 aliphatic heterocycles. The molecule has 0 fully saturated rings. The number of carbonyl (C=O) groups is 1. The fraction of sp³-hybridized carbons (Fsp3) is 0.833. The first kappa shape index (κ1) is 11.7. The van der Waals surface area contributed by atoms with Crippen molar-refractivity contribution >= 4 is 18.9 Å². The number of carboxylic acids is 1. The van der Waals surface area contributed by atoms with Crippen LogP contribution in [0.2, 0.25) is 0 Å². The fourth-order valence-electron chi connectivity index (χ4n) is 0.476. The van der Waals surface area contributed by atoms with Crippen molar-refractivity contribution in [2.24, 2.45) is 0 Å². The Hall–Kier alpha value is -0.300. The third-order valence-electron chi connectivity index (χ3n) is 0.917. The van der Waals surface area contributed by atoms with Crippen molar-refractivity contribution in [1.82, 2.24) is 0 Å². The highest BCUT2D eigenvalue weighted by Gasteiger charge is 1.95. The maximum atomic E-state index is 9.94. The quantitative estimate of drug-likeness (QED) is 0.324. The van der Waals surface area contributed by atoms with Gasteiger partial charge < -0.3 is 18.8 Å². The predicted molar refractivity (Wildman–Crippen MR) is 44.2 cm³/mol. The lowest BCUT2D eigenvalue weighted by atomic mass is 10.7. The Kier molecular flexibility index (Phi) is 8.57. The number of hydrogen-bond acceptors (Lipinski definition) is 5. The number of carboxylic acid groups (broad SMARTS) is 1. The molecule has 0 unspecified atom stereocenters. The number of aliphatic carboxylic acids is 1. The molecule has 0 atom stereocenters. The van der Waals surface area contributed by atoms with E-state index in [1.807, 2.05) is 0 Å². The number of ether oxygens (including phenoxy) is 2. The van der Waals surface area contributed by atoms with E-state index < -0.39 is 5.97 Å². The molecule has 0 aliphatic rings. The minimum absolute atomic E-state index is 0.277. The molecule has 0 aromatic carbocycles. The van der Waals surface area contributed by atoms with Crippen molar-refractivity contribution < 1.29 is 23.6 Å². The van der Waals surface area contributed by atoms with Crippen molar-refractivity contribution in [3.63, 3.8) is 0 Å². The molecule has 0 aromatic heterocycles. The first-order valence-electron chi connectivity index (χ1n) is 3.41. The van der Waals surface area contributed by atoms with Gasteiger partial charge in [0.05, 0.1) is 26.4 Å². The van der Waals surface area contributed by atoms with Crippen molar-refractivity contribution in [1.29, 1.82) is 0 Å². The van der Waals surface area contributed by atoms with E-state index in [1.54, 1.807) is 0 Å². The lowest BCUT2D eigenvalue weighted by molar-refractivity contribution is -0.142. The van der Waals surface area contributed by atoms with Crippen LogP contribution in [0.1, 0.15) is 0 Å². The van der Waals surface area contributed by atoms with Gasteiger partial charge in [-0.05, 0) is 12.9 Å². The van der Waals surface area contributed by atoms with Gasteiger partial charge >= 0.3 is 5.97 Å². The summed E-state index contributed by atoms with van der Waals surface area (Å²) < 4.78 is 14.1. The van der Waals surface area contributed by atoms with Gasteiger partial charge in [0.25, 0.3) is 0 Å². The molecule has 0 saturated carbocycles. The van der Waals surface area contributed by atoms with Gasteiger partial charge in [0.15, 0.2) is 0 Å². The molecule has 0 spiro atoms. The molecule has 0 saturated heterocycles. The van der Waals surface area contributed by atoms with Gasteiger partial charge in [0.1, 0.15) is 6.61 Å². The summed E-state index contributed by atoms with van der Waals surface area (Å²) in [6.45, 7) is 1.19. The summed E-state index contributed by atoms with van der Waals surface area (Å²) >= 11 is 3.50. The molecule has 0 aliphatic carbocycles. The second-order valence-electron chi connectivity index (χ2n) is 1.89. The first-order valence-corrected chi connectivity index (χ1v) is 3.77. The molecule has 12 heavy (non-hydrogen) atoms. The van der Waals surface area contributed by atoms with Crippen molar-refractivity contribution in [2.45, 2.75) is 0 Å². The second-order valence-corrected chi connectivity index (χ2v) is 2.15. The van der Waals surface area contributed by atoms with Crippen LogP contribution in [0, 0.1) is 0 Å². The molecule has 0 amide bonds. The van der Waals surface area contributed by atoms with Crippen molar-refractivity contribution in [3.8, 4) is 0 Å². The van der Waals surface area contributed by atoms with Crippen LogP contribution in [0.4, 0.5) is 0 Å². The maximum Gasteiger partial charge on any atom is 0.329 e. The zero-order valence-electron chi connectivity index (χ0n) is 6.56. The smallest absolute Gasteiger partial charge is 0.329 e. The number of hydrogen-bond donors (Lipinski definition) is 2. The summed E-state index contributed by atoms with van der Waals surface area (Å²) in [7, 11) is 0. The fourth-order valence-corrected chi connectivity index (χ4v) is 0.550. The number of thiol groups is 1. The third-order valence-corrected chi connectivity index (χ3v) is 1.10. The molecular formula is C6H12O5S. The highest BCUT2D eigenvalue weighted by Crippen LogP contribution is 1.82. The van der Waals surface area contributed by atoms with Crippen molar-refractivity contribution in [3.05, 3.63) is 0 Å². The maximum absolute atomic E-state index is 9.94. The number of rotatable bonds is 8. The molecule has 5 nitrogen and oxygen atoms in total. The minimum Gasteiger partial charge on any atom is -0.480 e. The largest absolute Gasteiger partial charge is 0.480 e. The van der Waals surface area contributed by atoms with Crippen molar-refractivity contribution in [2.75, 3.05) is 33.0 Å². The Morgan fingerprint density at radius 1 is 1.17 bits per heavy atom. The highest BCUT2D eigenvalue weighted by molar-refractivity contribution is 7.75. The van der Waals surface area contributed by atoms with Gasteiger partial charge in [-0.2, -0.15) is 0 Å². The van der Waals surface area contributed by atoms with Crippen LogP contribution in [0.25, 0.3) is 0 Å². The Labute approximate surface area is 76.2 Å². The summed E-state index contributed by atoms with van der Waals surface area (Å²) in [4.78, 5) is 9.94. The van der Waals surface area contributed by atoms with E-state index in [4.69, 9.17) is 14.6 Å². The predicted octanol–water partition coefficient (Wildman–Crippen LogP) is -0.0344. The van der Waals surface area contributed by atoms with Crippen LogP contribution >= 0.6 is 12.9 Å². The average Bonchev–Trinajstić information content (AvgIpc) is 2.02. The lowest BCUT2D eigenvalue weighted by Crippen LogP contribution is -2.12. The third kappa shape index (κ3) is 9.70. The van der Waals surface area contributed by atoms with E-state index >= 15 is 0 Å². The molecule has 0 radical (unpaired) electrons. The normalized spacial score (nSPS) is 10.1. The highest BCUT2D eigenvalue weighted by atomic mass is 32.1. The Morgan fingerprint density at radius 3 is 2.33 bits per heavy atom.